The number of hydrogen-bond donors (Lipinski definition) is 1. The molecule has 0 spiro atoms. The van der Waals surface area contributed by atoms with Gasteiger partial charge in [-0.25, -0.2) is 4.39 Å². The van der Waals surface area contributed by atoms with E-state index in [-0.39, 0.29) is 11.5 Å². The highest BCUT2D eigenvalue weighted by Gasteiger charge is 2.15. The van der Waals surface area contributed by atoms with Crippen molar-refractivity contribution in [1.82, 2.24) is 9.78 Å². The predicted octanol–water partition coefficient (Wildman–Crippen LogP) is 4.79. The summed E-state index contributed by atoms with van der Waals surface area (Å²) < 4.78 is 14.6. The van der Waals surface area contributed by atoms with Crippen LogP contribution in [0.1, 0.15) is 10.5 Å². The Balaban J connectivity index is 1.87. The van der Waals surface area contributed by atoms with Crippen molar-refractivity contribution in [1.29, 1.82) is 0 Å². The summed E-state index contributed by atoms with van der Waals surface area (Å²) in [5, 5.41) is 7.71. The molecule has 0 atom stereocenters. The largest absolute Gasteiger partial charge is 0.319 e. The Labute approximate surface area is 147 Å². The highest BCUT2D eigenvalue weighted by Crippen LogP contribution is 2.26. The van der Waals surface area contributed by atoms with E-state index in [1.807, 2.05) is 0 Å². The molecule has 24 heavy (non-hydrogen) atoms. The van der Waals surface area contributed by atoms with E-state index in [9.17, 15) is 9.18 Å². The fourth-order valence-electron chi connectivity index (χ4n) is 2.25. The molecule has 2 aromatic carbocycles. The molecule has 122 valence electrons. The van der Waals surface area contributed by atoms with Crippen LogP contribution in [0.4, 0.5) is 10.1 Å². The summed E-state index contributed by atoms with van der Waals surface area (Å²) in [4.78, 5) is 12.4. The molecule has 0 unspecified atom stereocenters. The number of aromatic nitrogens is 2. The summed E-state index contributed by atoms with van der Waals surface area (Å²) in [5.41, 5.74) is 2.07. The van der Waals surface area contributed by atoms with Crippen molar-refractivity contribution >= 4 is 34.8 Å². The molecule has 3 aromatic rings. The van der Waals surface area contributed by atoms with Crippen LogP contribution >= 0.6 is 23.2 Å². The molecule has 1 N–H and O–H groups in total. The van der Waals surface area contributed by atoms with E-state index in [4.69, 9.17) is 23.2 Å². The van der Waals surface area contributed by atoms with Gasteiger partial charge in [-0.1, -0.05) is 23.2 Å². The van der Waals surface area contributed by atoms with Crippen molar-refractivity contribution in [3.05, 3.63) is 70.1 Å². The number of nitrogens with zero attached hydrogens (tertiary/aromatic N) is 2. The lowest BCUT2D eigenvalue weighted by Crippen LogP contribution is -2.13. The average Bonchev–Trinajstić information content (AvgIpc) is 2.94. The number of benzene rings is 2. The van der Waals surface area contributed by atoms with E-state index < -0.39 is 5.91 Å². The summed E-state index contributed by atoms with van der Waals surface area (Å²) in [6.45, 7) is 0. The van der Waals surface area contributed by atoms with Crippen LogP contribution in [0.5, 0.6) is 0 Å². The second-order valence-electron chi connectivity index (χ2n) is 5.12. The Kier molecular flexibility index (Phi) is 4.55. The normalized spacial score (nSPS) is 10.7. The summed E-state index contributed by atoms with van der Waals surface area (Å²) in [7, 11) is 1.71. The molecular formula is C17H12Cl2FN3O. The van der Waals surface area contributed by atoms with Crippen molar-refractivity contribution in [2.45, 2.75) is 0 Å². The first-order valence-corrected chi connectivity index (χ1v) is 7.76. The molecule has 7 heteroatoms. The fraction of sp³-hybridized carbons (Fsp3) is 0.0588. The van der Waals surface area contributed by atoms with Crippen LogP contribution in [0.25, 0.3) is 11.3 Å². The smallest absolute Gasteiger partial charge is 0.276 e. The summed E-state index contributed by atoms with van der Waals surface area (Å²) in [6.07, 6.45) is 0. The third kappa shape index (κ3) is 3.42. The van der Waals surface area contributed by atoms with Crippen molar-refractivity contribution in [3.63, 3.8) is 0 Å². The molecule has 0 saturated carbocycles. The van der Waals surface area contributed by atoms with Crippen LogP contribution in [0.3, 0.4) is 0 Å². The summed E-state index contributed by atoms with van der Waals surface area (Å²) >= 11 is 11.9. The van der Waals surface area contributed by atoms with E-state index in [0.29, 0.717) is 21.4 Å². The first-order valence-electron chi connectivity index (χ1n) is 7.00. The van der Waals surface area contributed by atoms with E-state index in [1.54, 1.807) is 48.1 Å². The Bertz CT molecular complexity index is 907. The van der Waals surface area contributed by atoms with Gasteiger partial charge in [-0.05, 0) is 54.1 Å². The van der Waals surface area contributed by atoms with Gasteiger partial charge in [0, 0.05) is 12.1 Å². The molecule has 1 heterocycles. The number of rotatable bonds is 3. The lowest BCUT2D eigenvalue weighted by molar-refractivity contribution is 0.102. The SMILES string of the molecule is Cn1nc(C(=O)Nc2cc(Cl)ccc2Cl)cc1-c1ccc(F)cc1. The topological polar surface area (TPSA) is 46.9 Å². The molecule has 3 rings (SSSR count). The maximum Gasteiger partial charge on any atom is 0.276 e. The third-order valence-corrected chi connectivity index (χ3v) is 3.99. The second kappa shape index (κ2) is 6.63. The van der Waals surface area contributed by atoms with Gasteiger partial charge in [-0.2, -0.15) is 5.10 Å². The van der Waals surface area contributed by atoms with Gasteiger partial charge in [0.15, 0.2) is 5.69 Å². The van der Waals surface area contributed by atoms with Crippen molar-refractivity contribution in [3.8, 4) is 11.3 Å². The highest BCUT2D eigenvalue weighted by atomic mass is 35.5. The maximum atomic E-state index is 13.0. The molecule has 1 aromatic heterocycles. The first-order chi connectivity index (χ1) is 11.4. The van der Waals surface area contributed by atoms with Crippen LogP contribution < -0.4 is 5.32 Å². The number of carbonyl (C=O) groups excluding carboxylic acids is 1. The van der Waals surface area contributed by atoms with Crippen LogP contribution in [-0.4, -0.2) is 15.7 Å². The van der Waals surface area contributed by atoms with Crippen molar-refractivity contribution in [2.75, 3.05) is 5.32 Å². The number of aryl methyl sites for hydroxylation is 1. The standard InChI is InChI=1S/C17H12Cl2FN3O/c1-23-16(10-2-5-12(20)6-3-10)9-15(22-23)17(24)21-14-8-11(18)4-7-13(14)19/h2-9H,1H3,(H,21,24). The van der Waals surface area contributed by atoms with E-state index >= 15 is 0 Å². The van der Waals surface area contributed by atoms with E-state index in [1.165, 1.54) is 12.1 Å². The molecule has 0 aliphatic heterocycles. The molecule has 0 aliphatic carbocycles. The number of hydrogen-bond acceptors (Lipinski definition) is 2. The zero-order valence-electron chi connectivity index (χ0n) is 12.6. The molecule has 0 saturated heterocycles. The number of halogens is 3. The number of nitrogens with one attached hydrogen (secondary N) is 1. The highest BCUT2D eigenvalue weighted by molar-refractivity contribution is 6.35. The number of carbonyl (C=O) groups is 1. The molecule has 0 aliphatic rings. The van der Waals surface area contributed by atoms with Gasteiger partial charge in [-0.3, -0.25) is 9.48 Å². The zero-order valence-corrected chi connectivity index (χ0v) is 14.1. The lowest BCUT2D eigenvalue weighted by atomic mass is 10.1. The van der Waals surface area contributed by atoms with Gasteiger partial charge < -0.3 is 5.32 Å². The molecular weight excluding hydrogens is 352 g/mol. The third-order valence-electron chi connectivity index (χ3n) is 3.43. The van der Waals surface area contributed by atoms with E-state index in [0.717, 1.165) is 5.56 Å². The Morgan fingerprint density at radius 1 is 1.12 bits per heavy atom. The summed E-state index contributed by atoms with van der Waals surface area (Å²) in [6, 6.07) is 12.4. The fourth-order valence-corrected chi connectivity index (χ4v) is 2.59. The van der Waals surface area contributed by atoms with Crippen LogP contribution in [-0.2, 0) is 7.05 Å². The maximum absolute atomic E-state index is 13.0. The Morgan fingerprint density at radius 2 is 1.83 bits per heavy atom. The Hall–Kier alpha value is -2.37. The van der Waals surface area contributed by atoms with Crippen molar-refractivity contribution < 1.29 is 9.18 Å². The predicted molar refractivity (Wildman–Crippen MR) is 93.0 cm³/mol. The molecule has 4 nitrogen and oxygen atoms in total. The molecule has 0 bridgehead atoms. The number of amides is 1. The second-order valence-corrected chi connectivity index (χ2v) is 5.97. The molecule has 1 amide bonds. The van der Waals surface area contributed by atoms with Gasteiger partial charge in [0.2, 0.25) is 0 Å². The van der Waals surface area contributed by atoms with Gasteiger partial charge >= 0.3 is 0 Å². The van der Waals surface area contributed by atoms with Crippen LogP contribution in [0.15, 0.2) is 48.5 Å². The van der Waals surface area contributed by atoms with Crippen LogP contribution in [0.2, 0.25) is 10.0 Å². The monoisotopic (exact) mass is 363 g/mol. The van der Waals surface area contributed by atoms with Crippen molar-refractivity contribution in [2.24, 2.45) is 7.05 Å². The Morgan fingerprint density at radius 3 is 2.54 bits per heavy atom. The number of anilines is 1. The average molecular weight is 364 g/mol. The summed E-state index contributed by atoms with van der Waals surface area (Å²) in [5.74, 6) is -0.738. The first kappa shape index (κ1) is 16.5. The molecule has 0 fully saturated rings. The van der Waals surface area contributed by atoms with E-state index in [2.05, 4.69) is 10.4 Å². The lowest BCUT2D eigenvalue weighted by Gasteiger charge is -2.05. The van der Waals surface area contributed by atoms with Gasteiger partial charge in [-0.15, -0.1) is 0 Å². The minimum Gasteiger partial charge on any atom is -0.319 e. The van der Waals surface area contributed by atoms with Gasteiger partial charge in [0.25, 0.3) is 5.91 Å². The minimum absolute atomic E-state index is 0.216. The quantitative estimate of drug-likeness (QED) is 0.727. The molecule has 0 radical (unpaired) electrons. The van der Waals surface area contributed by atoms with Crippen LogP contribution in [0, 0.1) is 5.82 Å². The van der Waals surface area contributed by atoms with Gasteiger partial charge in [0.05, 0.1) is 16.4 Å². The van der Waals surface area contributed by atoms with Gasteiger partial charge in [0.1, 0.15) is 5.82 Å². The zero-order chi connectivity index (χ0) is 17.3. The minimum atomic E-state index is -0.414.